The number of hydrogen-bond donors (Lipinski definition) is 2. The number of nitrogens with one attached hydrogen (secondary N) is 2. The minimum atomic E-state index is -0.668. The van der Waals surface area contributed by atoms with Crippen molar-refractivity contribution in [2.75, 3.05) is 6.54 Å². The van der Waals surface area contributed by atoms with E-state index in [9.17, 15) is 14.9 Å². The van der Waals surface area contributed by atoms with Gasteiger partial charge in [-0.15, -0.1) is 0 Å². The molecule has 0 spiro atoms. The van der Waals surface area contributed by atoms with Crippen LogP contribution < -0.4 is 5.32 Å². The standard InChI is InChI=1S/C12H12N4O3/c17-12(10-11(16(18)19)15-8-14-10)13-7-6-9-4-2-1-3-5-9/h1-5,8H,6-7H2,(H,13,17)(H,14,15). The zero-order valence-corrected chi connectivity index (χ0v) is 10.00. The number of carbonyl (C=O) groups excluding carboxylic acids is 1. The normalized spacial score (nSPS) is 10.1. The summed E-state index contributed by atoms with van der Waals surface area (Å²) < 4.78 is 0. The number of amides is 1. The fraction of sp³-hybridized carbons (Fsp3) is 0.167. The molecule has 19 heavy (non-hydrogen) atoms. The molecule has 0 radical (unpaired) electrons. The molecule has 0 aliphatic heterocycles. The van der Waals surface area contributed by atoms with Gasteiger partial charge in [0.25, 0.3) is 5.91 Å². The van der Waals surface area contributed by atoms with E-state index in [1.165, 1.54) is 0 Å². The van der Waals surface area contributed by atoms with Crippen molar-refractivity contribution in [3.63, 3.8) is 0 Å². The third kappa shape index (κ3) is 3.15. The van der Waals surface area contributed by atoms with Gasteiger partial charge in [-0.05, 0) is 16.9 Å². The lowest BCUT2D eigenvalue weighted by atomic mass is 10.1. The number of carbonyl (C=O) groups is 1. The van der Waals surface area contributed by atoms with Crippen molar-refractivity contribution in [1.82, 2.24) is 15.3 Å². The van der Waals surface area contributed by atoms with Crippen LogP contribution in [0.1, 0.15) is 16.1 Å². The predicted octanol–water partition coefficient (Wildman–Crippen LogP) is 1.29. The monoisotopic (exact) mass is 260 g/mol. The summed E-state index contributed by atoms with van der Waals surface area (Å²) in [4.78, 5) is 27.7. The molecule has 2 rings (SSSR count). The van der Waals surface area contributed by atoms with Crippen molar-refractivity contribution in [1.29, 1.82) is 0 Å². The van der Waals surface area contributed by atoms with Crippen LogP contribution in [-0.4, -0.2) is 27.3 Å². The number of nitro groups is 1. The van der Waals surface area contributed by atoms with Crippen molar-refractivity contribution in [2.24, 2.45) is 0 Å². The van der Waals surface area contributed by atoms with E-state index in [0.717, 1.165) is 11.9 Å². The Hall–Kier alpha value is -2.70. The molecular formula is C12H12N4O3. The van der Waals surface area contributed by atoms with Gasteiger partial charge >= 0.3 is 5.82 Å². The van der Waals surface area contributed by atoms with Gasteiger partial charge in [0, 0.05) is 6.54 Å². The Balaban J connectivity index is 1.91. The number of H-pyrrole nitrogens is 1. The van der Waals surface area contributed by atoms with E-state index in [2.05, 4.69) is 15.3 Å². The van der Waals surface area contributed by atoms with Gasteiger partial charge in [0.2, 0.25) is 5.69 Å². The molecule has 98 valence electrons. The second-order valence-corrected chi connectivity index (χ2v) is 3.85. The van der Waals surface area contributed by atoms with Crippen LogP contribution in [0.3, 0.4) is 0 Å². The van der Waals surface area contributed by atoms with Gasteiger partial charge in [-0.25, -0.2) is 9.97 Å². The molecule has 1 amide bonds. The van der Waals surface area contributed by atoms with E-state index in [4.69, 9.17) is 0 Å². The molecule has 0 aliphatic carbocycles. The zero-order valence-electron chi connectivity index (χ0n) is 10.00. The first-order valence-corrected chi connectivity index (χ1v) is 5.68. The number of imidazole rings is 1. The molecule has 0 saturated heterocycles. The average molecular weight is 260 g/mol. The summed E-state index contributed by atoms with van der Waals surface area (Å²) >= 11 is 0. The summed E-state index contributed by atoms with van der Waals surface area (Å²) in [5, 5.41) is 13.2. The summed E-state index contributed by atoms with van der Waals surface area (Å²) in [5.41, 5.74) is 0.886. The van der Waals surface area contributed by atoms with Crippen LogP contribution in [0.15, 0.2) is 36.7 Å². The highest BCUT2D eigenvalue weighted by molar-refractivity contribution is 5.95. The van der Waals surface area contributed by atoms with Gasteiger partial charge in [0.1, 0.15) is 0 Å². The smallest absolute Gasteiger partial charge is 0.353 e. The molecule has 1 aromatic heterocycles. The first kappa shape index (κ1) is 12.7. The number of rotatable bonds is 5. The highest BCUT2D eigenvalue weighted by Gasteiger charge is 2.21. The highest BCUT2D eigenvalue weighted by Crippen LogP contribution is 2.11. The maximum atomic E-state index is 11.7. The Morgan fingerprint density at radius 2 is 2.11 bits per heavy atom. The molecule has 0 fully saturated rings. The maximum absolute atomic E-state index is 11.7. The van der Waals surface area contributed by atoms with E-state index in [-0.39, 0.29) is 5.69 Å². The fourth-order valence-electron chi connectivity index (χ4n) is 1.64. The van der Waals surface area contributed by atoms with Gasteiger partial charge in [-0.3, -0.25) is 4.79 Å². The number of nitrogens with zero attached hydrogens (tertiary/aromatic N) is 2. The Morgan fingerprint density at radius 3 is 2.79 bits per heavy atom. The minimum Gasteiger partial charge on any atom is -0.358 e. The van der Waals surface area contributed by atoms with Crippen molar-refractivity contribution in [3.05, 3.63) is 58.0 Å². The van der Waals surface area contributed by atoms with Crippen molar-refractivity contribution in [3.8, 4) is 0 Å². The topological polar surface area (TPSA) is 101 Å². The first-order chi connectivity index (χ1) is 9.18. The average Bonchev–Trinajstić information content (AvgIpc) is 2.89. The molecule has 2 N–H and O–H groups in total. The van der Waals surface area contributed by atoms with Gasteiger partial charge in [0.05, 0.1) is 0 Å². The lowest BCUT2D eigenvalue weighted by Gasteiger charge is -2.03. The van der Waals surface area contributed by atoms with Crippen LogP contribution in [0.5, 0.6) is 0 Å². The Bertz CT molecular complexity index is 580. The van der Waals surface area contributed by atoms with E-state index < -0.39 is 16.6 Å². The SMILES string of the molecule is O=C(NCCc1ccccc1)c1nc[nH]c1[N+](=O)[O-]. The van der Waals surface area contributed by atoms with Crippen molar-refractivity contribution >= 4 is 11.7 Å². The molecule has 1 aromatic carbocycles. The molecule has 0 saturated carbocycles. The second kappa shape index (κ2) is 5.76. The number of benzene rings is 1. The van der Waals surface area contributed by atoms with Crippen LogP contribution in [0, 0.1) is 10.1 Å². The van der Waals surface area contributed by atoms with Crippen molar-refractivity contribution < 1.29 is 9.72 Å². The predicted molar refractivity (Wildman–Crippen MR) is 67.7 cm³/mol. The number of hydrogen-bond acceptors (Lipinski definition) is 4. The number of aromatic amines is 1. The zero-order chi connectivity index (χ0) is 13.7. The molecule has 1 heterocycles. The third-order valence-corrected chi connectivity index (χ3v) is 2.56. The lowest BCUT2D eigenvalue weighted by Crippen LogP contribution is -2.26. The quantitative estimate of drug-likeness (QED) is 0.624. The fourth-order valence-corrected chi connectivity index (χ4v) is 1.64. The molecule has 0 bridgehead atoms. The van der Waals surface area contributed by atoms with Crippen LogP contribution in [0.4, 0.5) is 5.82 Å². The molecule has 0 unspecified atom stereocenters. The van der Waals surface area contributed by atoms with Crippen molar-refractivity contribution in [2.45, 2.75) is 6.42 Å². The molecule has 2 aromatic rings. The minimum absolute atomic E-state index is 0.196. The summed E-state index contributed by atoms with van der Waals surface area (Å²) in [7, 11) is 0. The lowest BCUT2D eigenvalue weighted by molar-refractivity contribution is -0.389. The summed E-state index contributed by atoms with van der Waals surface area (Å²) in [6, 6.07) is 9.63. The van der Waals surface area contributed by atoms with Crippen LogP contribution in [0.25, 0.3) is 0 Å². The van der Waals surface area contributed by atoms with Crippen LogP contribution in [0.2, 0.25) is 0 Å². The molecule has 7 heteroatoms. The molecule has 7 nitrogen and oxygen atoms in total. The maximum Gasteiger partial charge on any atom is 0.353 e. The Morgan fingerprint density at radius 1 is 1.37 bits per heavy atom. The van der Waals surface area contributed by atoms with Crippen LogP contribution in [-0.2, 0) is 6.42 Å². The summed E-state index contributed by atoms with van der Waals surface area (Å²) in [6.07, 6.45) is 1.79. The Labute approximate surface area is 108 Å². The highest BCUT2D eigenvalue weighted by atomic mass is 16.6. The van der Waals surface area contributed by atoms with E-state index in [0.29, 0.717) is 13.0 Å². The number of aromatic nitrogens is 2. The molecule has 0 aliphatic rings. The van der Waals surface area contributed by atoms with Gasteiger partial charge in [-0.2, -0.15) is 0 Å². The summed E-state index contributed by atoms with van der Waals surface area (Å²) in [6.45, 7) is 0.396. The molecular weight excluding hydrogens is 248 g/mol. The van der Waals surface area contributed by atoms with Gasteiger partial charge in [0.15, 0.2) is 6.33 Å². The van der Waals surface area contributed by atoms with Crippen LogP contribution >= 0.6 is 0 Å². The first-order valence-electron chi connectivity index (χ1n) is 5.68. The largest absolute Gasteiger partial charge is 0.358 e. The molecule has 0 atom stereocenters. The van der Waals surface area contributed by atoms with E-state index in [1.54, 1.807) is 0 Å². The van der Waals surface area contributed by atoms with E-state index in [1.807, 2.05) is 30.3 Å². The van der Waals surface area contributed by atoms with Gasteiger partial charge in [-0.1, -0.05) is 30.3 Å². The van der Waals surface area contributed by atoms with Gasteiger partial charge < -0.3 is 15.4 Å². The third-order valence-electron chi connectivity index (χ3n) is 2.56. The Kier molecular flexibility index (Phi) is 3.87. The summed E-state index contributed by atoms with van der Waals surface area (Å²) in [5.74, 6) is -0.943. The van der Waals surface area contributed by atoms with E-state index >= 15 is 0 Å². The second-order valence-electron chi connectivity index (χ2n) is 3.85.